The van der Waals surface area contributed by atoms with Gasteiger partial charge in [0.15, 0.2) is 0 Å². The summed E-state index contributed by atoms with van der Waals surface area (Å²) in [7, 11) is 0. The number of nitrogens with zero attached hydrogens (tertiary/aromatic N) is 2. The summed E-state index contributed by atoms with van der Waals surface area (Å²) in [5.74, 6) is 1.70. The van der Waals surface area contributed by atoms with Crippen LogP contribution < -0.4 is 11.1 Å². The molecule has 0 amide bonds. The lowest BCUT2D eigenvalue weighted by molar-refractivity contribution is 0.00223. The predicted octanol–water partition coefficient (Wildman–Crippen LogP) is 1.80. The van der Waals surface area contributed by atoms with Gasteiger partial charge < -0.3 is 16.2 Å². The molecule has 0 atom stereocenters. The fourth-order valence-electron chi connectivity index (χ4n) is 2.53. The van der Waals surface area contributed by atoms with E-state index in [2.05, 4.69) is 22.2 Å². The van der Waals surface area contributed by atoms with E-state index >= 15 is 0 Å². The molecule has 0 radical (unpaired) electrons. The molecule has 0 aromatic carbocycles. The van der Waals surface area contributed by atoms with Crippen molar-refractivity contribution in [3.8, 4) is 0 Å². The highest BCUT2D eigenvalue weighted by molar-refractivity contribution is 5.37. The number of aromatic nitrogens is 2. The molecule has 1 aliphatic carbocycles. The fourth-order valence-corrected chi connectivity index (χ4v) is 2.53. The van der Waals surface area contributed by atoms with Crippen LogP contribution in [0, 0.1) is 5.92 Å². The van der Waals surface area contributed by atoms with E-state index in [9.17, 15) is 5.11 Å². The van der Waals surface area contributed by atoms with Crippen LogP contribution in [0.1, 0.15) is 39.0 Å². The number of anilines is 2. The Morgan fingerprint density at radius 1 is 1.50 bits per heavy atom. The van der Waals surface area contributed by atoms with Gasteiger partial charge in [0.05, 0.1) is 5.60 Å². The normalized spacial score (nSPS) is 28.0. The molecule has 1 aromatic rings. The van der Waals surface area contributed by atoms with Gasteiger partial charge in [-0.15, -0.1) is 0 Å². The van der Waals surface area contributed by atoms with Gasteiger partial charge in [0.2, 0.25) is 5.95 Å². The van der Waals surface area contributed by atoms with Crippen molar-refractivity contribution in [2.45, 2.75) is 44.6 Å². The van der Waals surface area contributed by atoms with Gasteiger partial charge in [0.25, 0.3) is 0 Å². The van der Waals surface area contributed by atoms with E-state index in [4.69, 9.17) is 5.73 Å². The summed E-state index contributed by atoms with van der Waals surface area (Å²) >= 11 is 0. The van der Waals surface area contributed by atoms with Gasteiger partial charge in [-0.25, -0.2) is 4.98 Å². The number of aliphatic hydroxyl groups is 1. The molecule has 1 aromatic heterocycles. The second-order valence-corrected chi connectivity index (χ2v) is 5.23. The van der Waals surface area contributed by atoms with E-state index in [1.54, 1.807) is 12.3 Å². The quantitative estimate of drug-likeness (QED) is 0.759. The first-order valence-electron chi connectivity index (χ1n) is 6.66. The Balaban J connectivity index is 1.86. The summed E-state index contributed by atoms with van der Waals surface area (Å²) in [6.07, 6.45) is 6.77. The largest absolute Gasteiger partial charge is 0.388 e. The van der Waals surface area contributed by atoms with Crippen molar-refractivity contribution < 1.29 is 5.11 Å². The molecule has 0 unspecified atom stereocenters. The SMILES string of the molecule is CCC1CCC(O)(CNc2ccnc(N)n2)CC1. The lowest BCUT2D eigenvalue weighted by atomic mass is 9.78. The lowest BCUT2D eigenvalue weighted by Crippen LogP contribution is -2.40. The second-order valence-electron chi connectivity index (χ2n) is 5.23. The minimum absolute atomic E-state index is 0.252. The first-order chi connectivity index (χ1) is 8.61. The van der Waals surface area contributed by atoms with Crippen molar-refractivity contribution in [1.29, 1.82) is 0 Å². The molecule has 0 aliphatic heterocycles. The molecular weight excluding hydrogens is 228 g/mol. The van der Waals surface area contributed by atoms with Gasteiger partial charge in [0.1, 0.15) is 5.82 Å². The van der Waals surface area contributed by atoms with Crippen LogP contribution in [0.4, 0.5) is 11.8 Å². The second kappa shape index (κ2) is 5.52. The third kappa shape index (κ3) is 3.32. The first kappa shape index (κ1) is 13.1. The fraction of sp³-hybridized carbons (Fsp3) is 0.692. The number of rotatable bonds is 4. The van der Waals surface area contributed by atoms with Gasteiger partial charge in [-0.05, 0) is 37.7 Å². The Hall–Kier alpha value is -1.36. The zero-order valence-electron chi connectivity index (χ0n) is 10.9. The van der Waals surface area contributed by atoms with Crippen LogP contribution in [0.2, 0.25) is 0 Å². The maximum absolute atomic E-state index is 10.5. The zero-order chi connectivity index (χ0) is 13.0. The van der Waals surface area contributed by atoms with Crippen molar-refractivity contribution >= 4 is 11.8 Å². The highest BCUT2D eigenvalue weighted by Gasteiger charge is 2.32. The molecule has 100 valence electrons. The summed E-state index contributed by atoms with van der Waals surface area (Å²) in [5.41, 5.74) is 4.91. The first-order valence-corrected chi connectivity index (χ1v) is 6.66. The van der Waals surface area contributed by atoms with E-state index in [0.717, 1.165) is 31.6 Å². The van der Waals surface area contributed by atoms with E-state index in [1.807, 2.05) is 0 Å². The summed E-state index contributed by atoms with van der Waals surface area (Å²) < 4.78 is 0. The Kier molecular flexibility index (Phi) is 4.01. The highest BCUT2D eigenvalue weighted by atomic mass is 16.3. The number of nitrogens with two attached hydrogens (primary N) is 1. The standard InChI is InChI=1S/C13H22N4O/c1-2-10-3-6-13(18,7-4-10)9-16-11-5-8-15-12(14)17-11/h5,8,10,18H,2-4,6-7,9H2,1H3,(H3,14,15,16,17). The van der Waals surface area contributed by atoms with Crippen molar-refractivity contribution in [3.63, 3.8) is 0 Å². The van der Waals surface area contributed by atoms with Gasteiger partial charge in [-0.2, -0.15) is 4.98 Å². The van der Waals surface area contributed by atoms with Crippen LogP contribution in [-0.4, -0.2) is 27.2 Å². The minimum Gasteiger partial charge on any atom is -0.388 e. The van der Waals surface area contributed by atoms with Crippen molar-refractivity contribution in [3.05, 3.63) is 12.3 Å². The van der Waals surface area contributed by atoms with E-state index < -0.39 is 5.60 Å². The summed E-state index contributed by atoms with van der Waals surface area (Å²) in [4.78, 5) is 7.90. The zero-order valence-corrected chi connectivity index (χ0v) is 10.9. The molecule has 0 bridgehead atoms. The van der Waals surface area contributed by atoms with Gasteiger partial charge in [-0.3, -0.25) is 0 Å². The van der Waals surface area contributed by atoms with E-state index in [1.165, 1.54) is 6.42 Å². The lowest BCUT2D eigenvalue weighted by Gasteiger charge is -2.36. The van der Waals surface area contributed by atoms with Gasteiger partial charge >= 0.3 is 0 Å². The van der Waals surface area contributed by atoms with Crippen LogP contribution in [0.25, 0.3) is 0 Å². The molecule has 1 heterocycles. The number of hydrogen-bond donors (Lipinski definition) is 3. The smallest absolute Gasteiger partial charge is 0.221 e. The molecule has 1 aliphatic rings. The average Bonchev–Trinajstić information content (AvgIpc) is 2.38. The monoisotopic (exact) mass is 250 g/mol. The minimum atomic E-state index is -0.606. The van der Waals surface area contributed by atoms with Gasteiger partial charge in [0, 0.05) is 12.7 Å². The number of hydrogen-bond acceptors (Lipinski definition) is 5. The third-order valence-electron chi connectivity index (χ3n) is 3.89. The predicted molar refractivity (Wildman–Crippen MR) is 72.1 cm³/mol. The molecule has 1 fully saturated rings. The van der Waals surface area contributed by atoms with Crippen LogP contribution in [0.15, 0.2) is 12.3 Å². The van der Waals surface area contributed by atoms with Crippen LogP contribution >= 0.6 is 0 Å². The molecular formula is C13H22N4O. The highest BCUT2D eigenvalue weighted by Crippen LogP contribution is 2.33. The summed E-state index contributed by atoms with van der Waals surface area (Å²) in [6, 6.07) is 1.76. The molecule has 2 rings (SSSR count). The van der Waals surface area contributed by atoms with Crippen molar-refractivity contribution in [2.24, 2.45) is 5.92 Å². The molecule has 18 heavy (non-hydrogen) atoms. The van der Waals surface area contributed by atoms with E-state index in [-0.39, 0.29) is 5.95 Å². The topological polar surface area (TPSA) is 84.1 Å². The van der Waals surface area contributed by atoms with Crippen LogP contribution in [0.3, 0.4) is 0 Å². The maximum atomic E-state index is 10.5. The Morgan fingerprint density at radius 3 is 2.83 bits per heavy atom. The van der Waals surface area contributed by atoms with Crippen molar-refractivity contribution in [2.75, 3.05) is 17.6 Å². The Morgan fingerprint density at radius 2 is 2.22 bits per heavy atom. The van der Waals surface area contributed by atoms with Crippen LogP contribution in [-0.2, 0) is 0 Å². The molecule has 5 nitrogen and oxygen atoms in total. The molecule has 5 heteroatoms. The molecule has 0 spiro atoms. The third-order valence-corrected chi connectivity index (χ3v) is 3.89. The average molecular weight is 250 g/mol. The van der Waals surface area contributed by atoms with Gasteiger partial charge in [-0.1, -0.05) is 13.3 Å². The van der Waals surface area contributed by atoms with E-state index in [0.29, 0.717) is 12.4 Å². The molecule has 1 saturated carbocycles. The Labute approximate surface area is 108 Å². The molecule has 4 N–H and O–H groups in total. The van der Waals surface area contributed by atoms with Crippen molar-refractivity contribution in [1.82, 2.24) is 9.97 Å². The summed E-state index contributed by atoms with van der Waals surface area (Å²) in [5, 5.41) is 13.6. The summed E-state index contributed by atoms with van der Waals surface area (Å²) in [6.45, 7) is 2.75. The van der Waals surface area contributed by atoms with Crippen LogP contribution in [0.5, 0.6) is 0 Å². The Bertz CT molecular complexity index is 388. The number of nitrogen functional groups attached to an aromatic ring is 1. The maximum Gasteiger partial charge on any atom is 0.221 e. The number of nitrogens with one attached hydrogen (secondary N) is 1. The molecule has 0 saturated heterocycles.